The van der Waals surface area contributed by atoms with E-state index < -0.39 is 74.1 Å². The Bertz CT molecular complexity index is 2200. The number of ether oxygens (including phenoxy) is 2. The maximum absolute atomic E-state index is 14.8. The Balaban J connectivity index is 1.28. The topological polar surface area (TPSA) is 191 Å². The summed E-state index contributed by atoms with van der Waals surface area (Å²) in [6.07, 6.45) is 7.34. The maximum Gasteiger partial charge on any atom is 0.407 e. The van der Waals surface area contributed by atoms with Gasteiger partial charge in [0.15, 0.2) is 0 Å². The van der Waals surface area contributed by atoms with Gasteiger partial charge in [-0.1, -0.05) is 64.3 Å². The lowest BCUT2D eigenvalue weighted by Gasteiger charge is -2.35. The van der Waals surface area contributed by atoms with E-state index in [9.17, 15) is 27.6 Å². The fourth-order valence-corrected chi connectivity index (χ4v) is 9.45. The fourth-order valence-electron chi connectivity index (χ4n) is 8.09. The van der Waals surface area contributed by atoms with Gasteiger partial charge in [0.1, 0.15) is 34.8 Å². The molecule has 0 spiro atoms. The van der Waals surface area contributed by atoms with Crippen molar-refractivity contribution in [2.45, 2.75) is 114 Å². The molecule has 5 atom stereocenters. The van der Waals surface area contributed by atoms with Gasteiger partial charge in [-0.05, 0) is 79.8 Å². The quantitative estimate of drug-likeness (QED) is 0.258. The van der Waals surface area contributed by atoms with Gasteiger partial charge in [0.05, 0.1) is 25.0 Å². The highest BCUT2D eigenvalue weighted by Crippen LogP contribution is 2.46. The first kappa shape index (κ1) is 41.9. The third kappa shape index (κ3) is 9.17. The number of aryl methyl sites for hydroxylation is 1. The van der Waals surface area contributed by atoms with Gasteiger partial charge < -0.3 is 25.0 Å². The summed E-state index contributed by atoms with van der Waals surface area (Å²) in [5, 5.41) is 15.1. The normalized spacial score (nSPS) is 25.5. The van der Waals surface area contributed by atoms with Gasteiger partial charge in [0.25, 0.3) is 5.91 Å². The zero-order valence-electron chi connectivity index (χ0n) is 34.2. The van der Waals surface area contributed by atoms with Crippen molar-refractivity contribution in [2.75, 3.05) is 20.3 Å². The van der Waals surface area contributed by atoms with Gasteiger partial charge in [-0.2, -0.15) is 15.0 Å². The smallest absolute Gasteiger partial charge is 0.407 e. The van der Waals surface area contributed by atoms with Gasteiger partial charge in [-0.3, -0.25) is 19.1 Å². The molecule has 3 heterocycles. The Morgan fingerprint density at radius 1 is 1.00 bits per heavy atom. The maximum atomic E-state index is 14.8. The van der Waals surface area contributed by atoms with Crippen LogP contribution in [0.1, 0.15) is 90.2 Å². The van der Waals surface area contributed by atoms with Crippen molar-refractivity contribution < 1.29 is 37.1 Å². The molecule has 4 aliphatic rings. The van der Waals surface area contributed by atoms with Crippen molar-refractivity contribution in [3.8, 4) is 28.3 Å². The molecular formula is C43H55N7O8S. The zero-order valence-corrected chi connectivity index (χ0v) is 35.1. The van der Waals surface area contributed by atoms with E-state index in [1.807, 2.05) is 57.2 Å². The number of hydrogen-bond acceptors (Lipinski definition) is 10. The number of amides is 4. The minimum Gasteiger partial charge on any atom is -0.497 e. The van der Waals surface area contributed by atoms with Crippen LogP contribution in [0.15, 0.2) is 61.2 Å². The monoisotopic (exact) mass is 829 g/mol. The van der Waals surface area contributed by atoms with E-state index in [-0.39, 0.29) is 26.0 Å². The molecule has 316 valence electrons. The number of nitrogens with one attached hydrogen (secondary N) is 3. The van der Waals surface area contributed by atoms with Crippen LogP contribution in [0.2, 0.25) is 0 Å². The summed E-state index contributed by atoms with van der Waals surface area (Å²) in [6.45, 7) is 9.45. The van der Waals surface area contributed by atoms with Crippen molar-refractivity contribution in [3.05, 3.63) is 66.7 Å². The van der Waals surface area contributed by atoms with E-state index in [1.165, 1.54) is 11.0 Å². The summed E-state index contributed by atoms with van der Waals surface area (Å²) in [7, 11) is -2.32. The van der Waals surface area contributed by atoms with Gasteiger partial charge in [0.2, 0.25) is 21.8 Å². The third-order valence-corrected chi connectivity index (χ3v) is 13.7. The molecule has 0 unspecified atom stereocenters. The van der Waals surface area contributed by atoms with Gasteiger partial charge in [-0.25, -0.2) is 13.2 Å². The molecule has 59 heavy (non-hydrogen) atoms. The van der Waals surface area contributed by atoms with Crippen molar-refractivity contribution in [3.63, 3.8) is 0 Å². The highest BCUT2D eigenvalue weighted by Gasteiger charge is 2.62. The Morgan fingerprint density at radius 3 is 2.36 bits per heavy atom. The van der Waals surface area contributed by atoms with Crippen LogP contribution in [0.25, 0.3) is 22.5 Å². The molecule has 6 bridgehead atoms. The molecule has 1 aromatic heterocycles. The van der Waals surface area contributed by atoms with E-state index in [1.54, 1.807) is 11.9 Å². The predicted molar refractivity (Wildman–Crippen MR) is 220 cm³/mol. The number of alkyl carbamates (subject to hydrolysis) is 1. The zero-order chi connectivity index (χ0) is 42.1. The molecule has 3 N–H and O–H groups in total. The first-order valence-corrected chi connectivity index (χ1v) is 22.1. The molecule has 2 aromatic carbocycles. The van der Waals surface area contributed by atoms with Crippen LogP contribution in [0.3, 0.4) is 0 Å². The number of cyclic esters (lactones) is 1. The first-order chi connectivity index (χ1) is 28.1. The molecule has 3 fully saturated rings. The number of sulfonamides is 1. The SMILES string of the molecule is C=C[C@@H]1C[C@]1(NC(=O)[C@@H]1C[C@@H]2CN1C(=O)[C@H](C(C)(C)C)NC(=O)OCCCCCCCc1cccc(c1)-c1nn2nc1-c1ccc(OC)cc1)C(=O)NS(=O)(=O)C1CC1. The Morgan fingerprint density at radius 2 is 1.69 bits per heavy atom. The molecule has 16 heteroatoms. The molecule has 1 saturated heterocycles. The van der Waals surface area contributed by atoms with Crippen LogP contribution < -0.4 is 20.1 Å². The molecule has 15 nitrogen and oxygen atoms in total. The highest BCUT2D eigenvalue weighted by molar-refractivity contribution is 7.91. The van der Waals surface area contributed by atoms with Crippen LogP contribution in [-0.4, -0.2) is 95.3 Å². The fraction of sp³-hybridized carbons (Fsp3) is 0.535. The molecule has 2 saturated carbocycles. The lowest BCUT2D eigenvalue weighted by molar-refractivity contribution is -0.142. The van der Waals surface area contributed by atoms with Crippen LogP contribution in [0, 0.1) is 11.3 Å². The van der Waals surface area contributed by atoms with Gasteiger partial charge in [0, 0.05) is 30.0 Å². The number of rotatable bonds is 8. The summed E-state index contributed by atoms with van der Waals surface area (Å²) in [5.41, 5.74) is 1.69. The van der Waals surface area contributed by atoms with E-state index in [0.717, 1.165) is 48.8 Å². The molecule has 3 aromatic rings. The number of nitrogens with zero attached hydrogens (tertiary/aromatic N) is 4. The molecule has 2 aliphatic heterocycles. The lowest BCUT2D eigenvalue weighted by Crippen LogP contribution is -2.60. The Hall–Kier alpha value is -5.25. The Labute approximate surface area is 345 Å². The molecule has 4 amide bonds. The van der Waals surface area contributed by atoms with Gasteiger partial charge >= 0.3 is 6.09 Å². The first-order valence-electron chi connectivity index (χ1n) is 20.6. The average molecular weight is 830 g/mol. The van der Waals surface area contributed by atoms with E-state index in [2.05, 4.69) is 34.1 Å². The van der Waals surface area contributed by atoms with E-state index >= 15 is 0 Å². The van der Waals surface area contributed by atoms with Crippen LogP contribution in [0.4, 0.5) is 4.79 Å². The van der Waals surface area contributed by atoms with E-state index in [0.29, 0.717) is 36.4 Å². The molecule has 2 aliphatic carbocycles. The van der Waals surface area contributed by atoms with E-state index in [4.69, 9.17) is 19.7 Å². The second-order valence-electron chi connectivity index (χ2n) is 17.3. The number of benzene rings is 2. The molecular weight excluding hydrogens is 775 g/mol. The van der Waals surface area contributed by atoms with Crippen LogP contribution in [0.5, 0.6) is 5.75 Å². The third-order valence-electron chi connectivity index (χ3n) is 11.9. The number of aromatic nitrogens is 3. The average Bonchev–Trinajstić information content (AvgIpc) is 4.10. The number of fused-ring (bicyclic) bond motifs is 8. The minimum atomic E-state index is -3.92. The predicted octanol–water partition coefficient (Wildman–Crippen LogP) is 5.08. The highest BCUT2D eigenvalue weighted by atomic mass is 32.2. The summed E-state index contributed by atoms with van der Waals surface area (Å²) < 4.78 is 38.8. The number of carbonyl (C=O) groups excluding carboxylic acids is 4. The van der Waals surface area contributed by atoms with Crippen LogP contribution >= 0.6 is 0 Å². The molecule has 7 rings (SSSR count). The minimum absolute atomic E-state index is 0.00339. The number of hydrogen-bond donors (Lipinski definition) is 3. The number of carbonyl (C=O) groups is 4. The summed E-state index contributed by atoms with van der Waals surface area (Å²) in [5.74, 6) is -1.86. The summed E-state index contributed by atoms with van der Waals surface area (Å²) in [4.78, 5) is 59.2. The summed E-state index contributed by atoms with van der Waals surface area (Å²) >= 11 is 0. The molecule has 0 radical (unpaired) electrons. The van der Waals surface area contributed by atoms with Crippen molar-refractivity contribution in [2.24, 2.45) is 11.3 Å². The number of methoxy groups -OCH3 is 1. The Kier molecular flexibility index (Phi) is 11.9. The lowest BCUT2D eigenvalue weighted by atomic mass is 9.85. The standard InChI is InChI=1S/C43H55N7O8S/c1-6-30-25-43(30,40(53)48-59(55,56)33-20-21-33)45-38(51)34-24-31-26-49(34)39(52)37(42(2,3)4)44-41(54)58-22-11-9-7-8-10-13-27-14-12-15-29(23-27)36-35(46-50(31)47-36)28-16-18-32(57-5)19-17-28/h6,12,14-19,23,30-31,33-34,37H,1,7-11,13,20-22,24-26H2,2-5H3,(H,44,54)(H,45,51)(H,48,53)/t30-,31-,34+,37-,43-/m1/s1. The second-order valence-corrected chi connectivity index (χ2v) is 19.3. The second kappa shape index (κ2) is 16.8. The van der Waals surface area contributed by atoms with Crippen LogP contribution in [-0.2, 0) is 35.6 Å². The van der Waals surface area contributed by atoms with Crippen molar-refractivity contribution in [1.82, 2.24) is 35.2 Å². The van der Waals surface area contributed by atoms with Crippen molar-refractivity contribution in [1.29, 1.82) is 0 Å². The van der Waals surface area contributed by atoms with Crippen molar-refractivity contribution >= 4 is 33.8 Å². The largest absolute Gasteiger partial charge is 0.497 e. The van der Waals surface area contributed by atoms with Gasteiger partial charge in [-0.15, -0.1) is 6.58 Å². The summed E-state index contributed by atoms with van der Waals surface area (Å²) in [6, 6.07) is 12.9.